The molecule has 0 unspecified atom stereocenters. The van der Waals surface area contributed by atoms with Crippen LogP contribution in [0, 0.1) is 0 Å². The molecule has 0 aliphatic heterocycles. The van der Waals surface area contributed by atoms with Gasteiger partial charge in [-0.25, -0.2) is 4.98 Å². The Kier molecular flexibility index (Phi) is 3.81. The average Bonchev–Trinajstić information content (AvgIpc) is 2.93. The molecule has 112 valence electrons. The highest BCUT2D eigenvalue weighted by Crippen LogP contribution is 2.13. The van der Waals surface area contributed by atoms with Gasteiger partial charge in [-0.2, -0.15) is 0 Å². The summed E-state index contributed by atoms with van der Waals surface area (Å²) in [4.78, 5) is 35.8. The first kappa shape index (κ1) is 14.5. The van der Waals surface area contributed by atoms with E-state index >= 15 is 0 Å². The first-order valence-corrected chi connectivity index (χ1v) is 7.41. The van der Waals surface area contributed by atoms with Gasteiger partial charge in [-0.15, -0.1) is 0 Å². The molecular formula is C15H13BrN4O2. The zero-order valence-electron chi connectivity index (χ0n) is 11.8. The van der Waals surface area contributed by atoms with E-state index in [0.29, 0.717) is 22.4 Å². The van der Waals surface area contributed by atoms with Crippen LogP contribution in [0.1, 0.15) is 16.3 Å². The molecule has 0 fully saturated rings. The van der Waals surface area contributed by atoms with Gasteiger partial charge < -0.3 is 14.9 Å². The van der Waals surface area contributed by atoms with Crippen LogP contribution >= 0.6 is 15.9 Å². The third-order valence-corrected chi connectivity index (χ3v) is 3.73. The van der Waals surface area contributed by atoms with E-state index in [0.717, 1.165) is 4.47 Å². The van der Waals surface area contributed by atoms with Crippen molar-refractivity contribution in [2.75, 3.05) is 7.05 Å². The van der Waals surface area contributed by atoms with Crippen molar-refractivity contribution in [3.05, 3.63) is 62.9 Å². The average molecular weight is 361 g/mol. The minimum atomic E-state index is -0.205. The third-order valence-electron chi connectivity index (χ3n) is 3.27. The molecule has 3 aromatic rings. The van der Waals surface area contributed by atoms with Crippen LogP contribution in [-0.4, -0.2) is 32.8 Å². The molecule has 0 bridgehead atoms. The molecule has 2 N–H and O–H groups in total. The number of nitrogens with one attached hydrogen (secondary N) is 2. The topological polar surface area (TPSA) is 81.8 Å². The summed E-state index contributed by atoms with van der Waals surface area (Å²) in [7, 11) is 1.66. The van der Waals surface area contributed by atoms with Crippen molar-refractivity contribution in [3.8, 4) is 0 Å². The number of aromatic amines is 2. The summed E-state index contributed by atoms with van der Waals surface area (Å²) in [6.45, 7) is 0.218. The second kappa shape index (κ2) is 5.76. The Bertz CT molecular complexity index is 900. The summed E-state index contributed by atoms with van der Waals surface area (Å²) in [6, 6.07) is 8.81. The normalized spacial score (nSPS) is 10.8. The summed E-state index contributed by atoms with van der Waals surface area (Å²) < 4.78 is 0.807. The summed E-state index contributed by atoms with van der Waals surface area (Å²) >= 11 is 3.29. The van der Waals surface area contributed by atoms with E-state index in [-0.39, 0.29) is 18.0 Å². The first-order valence-electron chi connectivity index (χ1n) is 6.62. The molecule has 0 spiro atoms. The van der Waals surface area contributed by atoms with E-state index in [1.165, 1.54) is 4.90 Å². The summed E-state index contributed by atoms with van der Waals surface area (Å²) in [6.07, 6.45) is 1.69. The van der Waals surface area contributed by atoms with Crippen molar-refractivity contribution in [1.29, 1.82) is 0 Å². The van der Waals surface area contributed by atoms with Crippen molar-refractivity contribution in [3.63, 3.8) is 0 Å². The molecule has 0 aliphatic carbocycles. The van der Waals surface area contributed by atoms with Crippen LogP contribution in [0.2, 0.25) is 0 Å². The molecule has 0 radical (unpaired) electrons. The Morgan fingerprint density at radius 3 is 2.86 bits per heavy atom. The number of benzene rings is 1. The predicted molar refractivity (Wildman–Crippen MR) is 86.7 cm³/mol. The quantitative estimate of drug-likeness (QED) is 0.751. The summed E-state index contributed by atoms with van der Waals surface area (Å²) in [5, 5.41) is 0.536. The van der Waals surface area contributed by atoms with Crippen LogP contribution in [0.25, 0.3) is 10.9 Å². The van der Waals surface area contributed by atoms with E-state index in [9.17, 15) is 9.59 Å². The maximum absolute atomic E-state index is 12.3. The fraction of sp³-hybridized carbons (Fsp3) is 0.133. The lowest BCUT2D eigenvalue weighted by Gasteiger charge is -2.15. The smallest absolute Gasteiger partial charge is 0.270 e. The Balaban J connectivity index is 1.86. The number of carbonyl (C=O) groups excluding carboxylic acids is 1. The zero-order chi connectivity index (χ0) is 15.7. The molecule has 3 rings (SSSR count). The van der Waals surface area contributed by atoms with Crippen molar-refractivity contribution in [1.82, 2.24) is 19.9 Å². The number of rotatable bonds is 3. The number of para-hydroxylation sites is 1. The lowest BCUT2D eigenvalue weighted by Crippen LogP contribution is -2.28. The fourth-order valence-corrected chi connectivity index (χ4v) is 2.55. The number of halogens is 1. The number of amides is 1. The van der Waals surface area contributed by atoms with Crippen molar-refractivity contribution < 1.29 is 4.79 Å². The van der Waals surface area contributed by atoms with Gasteiger partial charge in [0.15, 0.2) is 0 Å². The third kappa shape index (κ3) is 2.80. The highest BCUT2D eigenvalue weighted by atomic mass is 79.9. The van der Waals surface area contributed by atoms with Gasteiger partial charge in [-0.1, -0.05) is 12.1 Å². The van der Waals surface area contributed by atoms with Crippen LogP contribution in [0.15, 0.2) is 45.8 Å². The number of fused-ring (bicyclic) bond motifs is 1. The standard InChI is InChI=1S/C15H13BrN4O2/c1-20(15(22)12-6-9(16)7-17-12)8-13-18-11-5-3-2-4-10(11)14(21)19-13/h2-7,17H,8H2,1H3,(H,18,19,21). The monoisotopic (exact) mass is 360 g/mol. The van der Waals surface area contributed by atoms with E-state index in [1.807, 2.05) is 6.07 Å². The lowest BCUT2D eigenvalue weighted by atomic mass is 10.2. The number of aromatic nitrogens is 3. The van der Waals surface area contributed by atoms with Crippen LogP contribution < -0.4 is 5.56 Å². The number of carbonyl (C=O) groups is 1. The van der Waals surface area contributed by atoms with Crippen molar-refractivity contribution >= 4 is 32.7 Å². The molecule has 1 aromatic carbocycles. The number of hydrogen-bond acceptors (Lipinski definition) is 3. The molecule has 22 heavy (non-hydrogen) atoms. The number of H-pyrrole nitrogens is 2. The van der Waals surface area contributed by atoms with Gasteiger partial charge in [0.05, 0.1) is 17.4 Å². The number of nitrogens with zero attached hydrogens (tertiary/aromatic N) is 2. The van der Waals surface area contributed by atoms with E-state index in [2.05, 4.69) is 30.9 Å². The Morgan fingerprint density at radius 2 is 2.14 bits per heavy atom. The molecule has 2 aromatic heterocycles. The van der Waals surface area contributed by atoms with Gasteiger partial charge in [0, 0.05) is 17.7 Å². The molecule has 1 amide bonds. The minimum Gasteiger partial charge on any atom is -0.356 e. The molecule has 6 nitrogen and oxygen atoms in total. The Labute approximate surface area is 134 Å². The van der Waals surface area contributed by atoms with Gasteiger partial charge in [-0.3, -0.25) is 9.59 Å². The minimum absolute atomic E-state index is 0.179. The Hall–Kier alpha value is -2.41. The second-order valence-corrected chi connectivity index (χ2v) is 5.84. The van der Waals surface area contributed by atoms with Gasteiger partial charge in [0.25, 0.3) is 11.5 Å². The molecular weight excluding hydrogens is 348 g/mol. The first-order chi connectivity index (χ1) is 10.5. The zero-order valence-corrected chi connectivity index (χ0v) is 13.3. The SMILES string of the molecule is CN(Cc1nc2ccccc2c(=O)[nH]1)C(=O)c1cc(Br)c[nH]1. The van der Waals surface area contributed by atoms with Crippen molar-refractivity contribution in [2.45, 2.75) is 6.54 Å². The van der Waals surface area contributed by atoms with Crippen LogP contribution in [0.4, 0.5) is 0 Å². The van der Waals surface area contributed by atoms with Gasteiger partial charge in [-0.05, 0) is 34.1 Å². The fourth-order valence-electron chi connectivity index (χ4n) is 2.20. The molecule has 0 saturated heterocycles. The maximum Gasteiger partial charge on any atom is 0.270 e. The van der Waals surface area contributed by atoms with E-state index < -0.39 is 0 Å². The van der Waals surface area contributed by atoms with Gasteiger partial charge >= 0.3 is 0 Å². The van der Waals surface area contributed by atoms with E-state index in [1.54, 1.807) is 37.5 Å². The summed E-state index contributed by atoms with van der Waals surface area (Å²) in [5.74, 6) is 0.270. The largest absolute Gasteiger partial charge is 0.356 e. The Morgan fingerprint density at radius 1 is 1.36 bits per heavy atom. The molecule has 2 heterocycles. The highest BCUT2D eigenvalue weighted by molar-refractivity contribution is 9.10. The summed E-state index contributed by atoms with van der Waals surface area (Å²) in [5.41, 5.74) is 0.881. The van der Waals surface area contributed by atoms with Crippen molar-refractivity contribution in [2.24, 2.45) is 0 Å². The molecule has 0 atom stereocenters. The molecule has 7 heteroatoms. The van der Waals surface area contributed by atoms with Gasteiger partial charge in [0.2, 0.25) is 0 Å². The lowest BCUT2D eigenvalue weighted by molar-refractivity contribution is 0.0776. The van der Waals surface area contributed by atoms with Crippen LogP contribution in [-0.2, 0) is 6.54 Å². The highest BCUT2D eigenvalue weighted by Gasteiger charge is 2.15. The predicted octanol–water partition coefficient (Wildman–Crippen LogP) is 2.29. The molecule has 0 saturated carbocycles. The van der Waals surface area contributed by atoms with Crippen LogP contribution in [0.5, 0.6) is 0 Å². The maximum atomic E-state index is 12.3. The molecule has 0 aliphatic rings. The second-order valence-electron chi connectivity index (χ2n) is 4.92. The van der Waals surface area contributed by atoms with E-state index in [4.69, 9.17) is 0 Å². The number of hydrogen-bond donors (Lipinski definition) is 2. The van der Waals surface area contributed by atoms with Gasteiger partial charge in [0.1, 0.15) is 11.5 Å². The van der Waals surface area contributed by atoms with Crippen LogP contribution in [0.3, 0.4) is 0 Å².